The average Bonchev–Trinajstić information content (AvgIpc) is 1.61. The van der Waals surface area contributed by atoms with Gasteiger partial charge in [0.25, 0.3) is 0 Å². The average molecular weight is 175 g/mol. The highest BCUT2D eigenvalue weighted by Gasteiger charge is 1.84. The van der Waals surface area contributed by atoms with Crippen molar-refractivity contribution in [2.45, 2.75) is 0 Å². The Bertz CT molecular complexity index is 141. The Morgan fingerprint density at radius 1 is 1.30 bits per heavy atom. The van der Waals surface area contributed by atoms with Crippen LogP contribution >= 0.6 is 0 Å². The summed E-state index contributed by atoms with van der Waals surface area (Å²) in [5, 5.41) is 7.51. The van der Waals surface area contributed by atoms with Gasteiger partial charge in [-0.2, -0.15) is 8.42 Å². The molecule has 10 heavy (non-hydrogen) atoms. The lowest BCUT2D eigenvalue weighted by Gasteiger charge is -1.68. The smallest absolute Gasteiger partial charge is 0.389 e. The number of aliphatic hydroxyl groups is 1. The molecule has 0 aromatic heterocycles. The van der Waals surface area contributed by atoms with E-state index < -0.39 is 10.4 Å². The zero-order valence-corrected chi connectivity index (χ0v) is 5.78. The largest absolute Gasteiger partial charge is 0.394 e. The van der Waals surface area contributed by atoms with Crippen molar-refractivity contribution < 1.29 is 27.4 Å². The number of hydrogen-bond donors (Lipinski definition) is 4. The van der Waals surface area contributed by atoms with Crippen molar-refractivity contribution >= 4 is 16.7 Å². The standard InChI is InChI=1S/C2H4O2.H3N.H2O4S/c3-1-2-4;;1-5(2,3)4/h1,4H,2H2;1H3;(H2,1,2,3,4). The van der Waals surface area contributed by atoms with E-state index >= 15 is 0 Å². The Labute approximate surface area is 57.8 Å². The van der Waals surface area contributed by atoms with Gasteiger partial charge in [-0.15, -0.1) is 0 Å². The maximum absolute atomic E-state index is 8.92. The molecule has 0 spiro atoms. The van der Waals surface area contributed by atoms with Gasteiger partial charge in [-0.05, 0) is 0 Å². The van der Waals surface area contributed by atoms with Crippen LogP contribution < -0.4 is 6.15 Å². The van der Waals surface area contributed by atoms with E-state index in [1.165, 1.54) is 0 Å². The van der Waals surface area contributed by atoms with E-state index in [1.54, 1.807) is 0 Å². The van der Waals surface area contributed by atoms with E-state index in [0.717, 1.165) is 0 Å². The topological polar surface area (TPSA) is 147 Å². The highest BCUT2D eigenvalue weighted by atomic mass is 32.3. The molecule has 0 rings (SSSR count). The van der Waals surface area contributed by atoms with Crippen molar-refractivity contribution in [1.29, 1.82) is 0 Å². The molecule has 6 N–H and O–H groups in total. The lowest BCUT2D eigenvalue weighted by atomic mass is 10.9. The molecule has 0 unspecified atom stereocenters. The fraction of sp³-hybridized carbons (Fsp3) is 0.500. The fourth-order valence-electron chi connectivity index (χ4n) is 0. The molecule has 0 bridgehead atoms. The Balaban J connectivity index is -0.0000000910. The second-order valence-electron chi connectivity index (χ2n) is 0.797. The molecule has 64 valence electrons. The number of aldehydes is 1. The predicted molar refractivity (Wildman–Crippen MR) is 32.3 cm³/mol. The molecule has 0 aromatic rings. The number of carbonyl (C=O) groups excluding carboxylic acids is 1. The van der Waals surface area contributed by atoms with Gasteiger partial charge in [0.1, 0.15) is 6.29 Å². The van der Waals surface area contributed by atoms with Crippen LogP contribution in [0.25, 0.3) is 0 Å². The van der Waals surface area contributed by atoms with E-state index in [0.29, 0.717) is 6.29 Å². The first-order chi connectivity index (χ1) is 3.91. The predicted octanol–water partition coefficient (Wildman–Crippen LogP) is -1.31. The fourth-order valence-corrected chi connectivity index (χ4v) is 0. The molecule has 0 fully saturated rings. The lowest BCUT2D eigenvalue weighted by Crippen LogP contribution is -1.89. The highest BCUT2D eigenvalue weighted by molar-refractivity contribution is 7.79. The number of aliphatic hydroxyl groups excluding tert-OH is 1. The molecule has 0 aliphatic rings. The van der Waals surface area contributed by atoms with Crippen molar-refractivity contribution in [3.8, 4) is 0 Å². The maximum atomic E-state index is 8.92. The van der Waals surface area contributed by atoms with E-state index in [-0.39, 0.29) is 12.8 Å². The van der Waals surface area contributed by atoms with Crippen molar-refractivity contribution in [3.05, 3.63) is 0 Å². The first kappa shape index (κ1) is 16.2. The second kappa shape index (κ2) is 8.46. The van der Waals surface area contributed by atoms with Gasteiger partial charge in [0.05, 0.1) is 6.61 Å². The maximum Gasteiger partial charge on any atom is 0.394 e. The van der Waals surface area contributed by atoms with Crippen LogP contribution in [-0.2, 0) is 15.2 Å². The molecule has 0 saturated carbocycles. The Kier molecular flexibility index (Phi) is 13.7. The SMILES string of the molecule is N.O=CCO.O=S(=O)(O)O. The molecular weight excluding hydrogens is 166 g/mol. The summed E-state index contributed by atoms with van der Waals surface area (Å²) >= 11 is 0. The third kappa shape index (κ3) is 1470. The van der Waals surface area contributed by atoms with Crippen LogP contribution in [0.2, 0.25) is 0 Å². The normalized spacial score (nSPS) is 8.30. The van der Waals surface area contributed by atoms with Gasteiger partial charge >= 0.3 is 10.4 Å². The molecule has 7 nitrogen and oxygen atoms in total. The molecule has 0 aliphatic carbocycles. The molecule has 8 heteroatoms. The van der Waals surface area contributed by atoms with Crippen LogP contribution in [0.3, 0.4) is 0 Å². The third-order valence-corrected chi connectivity index (χ3v) is 0.0745. The first-order valence-electron chi connectivity index (χ1n) is 1.66. The Hall–Kier alpha value is -0.540. The lowest BCUT2D eigenvalue weighted by molar-refractivity contribution is -0.110. The molecule has 0 saturated heterocycles. The van der Waals surface area contributed by atoms with Gasteiger partial charge < -0.3 is 16.1 Å². The van der Waals surface area contributed by atoms with Crippen LogP contribution in [0.4, 0.5) is 0 Å². The van der Waals surface area contributed by atoms with E-state index in [4.69, 9.17) is 27.4 Å². The van der Waals surface area contributed by atoms with Gasteiger partial charge in [0.2, 0.25) is 0 Å². The summed E-state index contributed by atoms with van der Waals surface area (Å²) in [6, 6.07) is 0. The zero-order chi connectivity index (χ0) is 7.91. The van der Waals surface area contributed by atoms with E-state index in [1.807, 2.05) is 0 Å². The molecule has 0 aromatic carbocycles. The molecule has 0 heterocycles. The van der Waals surface area contributed by atoms with Crippen LogP contribution in [0, 0.1) is 0 Å². The van der Waals surface area contributed by atoms with Crippen LogP contribution in [-0.4, -0.2) is 35.5 Å². The van der Waals surface area contributed by atoms with Crippen molar-refractivity contribution in [2.75, 3.05) is 6.61 Å². The van der Waals surface area contributed by atoms with Crippen LogP contribution in [0.5, 0.6) is 0 Å². The molecular formula is C2H9NO6S. The quantitative estimate of drug-likeness (QED) is 0.285. The molecule has 0 radical (unpaired) electrons. The first-order valence-corrected chi connectivity index (χ1v) is 3.06. The summed E-state index contributed by atoms with van der Waals surface area (Å²) in [5.41, 5.74) is 0. The minimum atomic E-state index is -4.67. The number of rotatable bonds is 1. The van der Waals surface area contributed by atoms with Crippen molar-refractivity contribution in [3.63, 3.8) is 0 Å². The minimum Gasteiger partial charge on any atom is -0.389 e. The monoisotopic (exact) mass is 175 g/mol. The summed E-state index contributed by atoms with van der Waals surface area (Å²) in [6.45, 7) is -0.361. The second-order valence-corrected chi connectivity index (χ2v) is 1.69. The van der Waals surface area contributed by atoms with E-state index in [2.05, 4.69) is 0 Å². The Morgan fingerprint density at radius 3 is 1.40 bits per heavy atom. The van der Waals surface area contributed by atoms with Gasteiger partial charge in [-0.25, -0.2) is 0 Å². The van der Waals surface area contributed by atoms with Crippen molar-refractivity contribution in [2.24, 2.45) is 0 Å². The van der Waals surface area contributed by atoms with Crippen LogP contribution in [0.15, 0.2) is 0 Å². The third-order valence-electron chi connectivity index (χ3n) is 0.0745. The molecule has 0 aliphatic heterocycles. The number of carbonyl (C=O) groups is 1. The highest BCUT2D eigenvalue weighted by Crippen LogP contribution is 1.59. The zero-order valence-electron chi connectivity index (χ0n) is 4.97. The van der Waals surface area contributed by atoms with Gasteiger partial charge in [0, 0.05) is 0 Å². The summed E-state index contributed by atoms with van der Waals surface area (Å²) in [4.78, 5) is 8.92. The molecule has 0 atom stereocenters. The van der Waals surface area contributed by atoms with Gasteiger partial charge in [-0.1, -0.05) is 0 Å². The van der Waals surface area contributed by atoms with Crippen molar-refractivity contribution in [1.82, 2.24) is 6.15 Å². The molecule has 0 amide bonds. The van der Waals surface area contributed by atoms with Gasteiger partial charge in [-0.3, -0.25) is 9.11 Å². The summed E-state index contributed by atoms with van der Waals surface area (Å²) in [5.74, 6) is 0. The Morgan fingerprint density at radius 2 is 1.40 bits per heavy atom. The number of hydrogen-bond acceptors (Lipinski definition) is 5. The van der Waals surface area contributed by atoms with Crippen LogP contribution in [0.1, 0.15) is 0 Å². The summed E-state index contributed by atoms with van der Waals surface area (Å²) in [7, 11) is -4.67. The minimum absolute atomic E-state index is 0. The van der Waals surface area contributed by atoms with Gasteiger partial charge in [0.15, 0.2) is 0 Å². The van der Waals surface area contributed by atoms with E-state index in [9.17, 15) is 0 Å². The summed E-state index contributed by atoms with van der Waals surface area (Å²) < 4.78 is 31.6. The summed E-state index contributed by atoms with van der Waals surface area (Å²) in [6.07, 6.45) is 0.431.